The SMILES string of the molecule is COC(=O)C#CC(=O)OC.COC(=O)c1cc(OC)cc(O)c1C(=O)OC.COC(=O)c1cc(OC)cc(OCc2ccccc2)c1C(=O)OC.COC1=CC(=O)CCC1.COc1cc(OCc2ccccc2)c(C(=O)O)c(C(=O)O)c1.COc1cc(OCc2ccccc2)c2c(c1)C(=O)N(C1CCC(=O)NC1=O)C2=O.COc1cc(OCc2ccccc2)c2c(c1)C(=O)OC2=O.NC1CCC(=O)NC1=O.O=C1CCCC(=O)C1. The number of Topliss-reactive ketones (excluding diaryl/α,β-unsaturated/α-hetero) is 2. The van der Waals surface area contributed by atoms with Crippen molar-refractivity contribution in [2.24, 2.45) is 5.73 Å². The second-order valence-corrected chi connectivity index (χ2v) is 31.1. The van der Waals surface area contributed by atoms with E-state index < -0.39 is 107 Å². The van der Waals surface area contributed by atoms with Gasteiger partial charge in [-0.3, -0.25) is 58.7 Å². The molecule has 2 aliphatic carbocycles. The zero-order chi connectivity index (χ0) is 110. The molecule has 15 rings (SSSR count). The maximum atomic E-state index is 13.1. The van der Waals surface area contributed by atoms with E-state index in [2.05, 4.69) is 34.3 Å². The fourth-order valence-electron chi connectivity index (χ4n) is 13.7. The predicted molar refractivity (Wildman–Crippen MR) is 520 cm³/mol. The van der Waals surface area contributed by atoms with Crippen molar-refractivity contribution in [2.75, 3.05) is 85.3 Å². The molecule has 2 atom stereocenters. The van der Waals surface area contributed by atoms with Gasteiger partial charge in [0, 0.05) is 86.8 Å². The first-order valence-corrected chi connectivity index (χ1v) is 44.7. The van der Waals surface area contributed by atoms with E-state index in [9.17, 15) is 101 Å². The van der Waals surface area contributed by atoms with Gasteiger partial charge in [0.2, 0.25) is 23.6 Å². The number of cyclic esters (lactones) is 2. The number of nitrogens with one attached hydrogen (secondary N) is 2. The lowest BCUT2D eigenvalue weighted by Gasteiger charge is -2.27. The summed E-state index contributed by atoms with van der Waals surface area (Å²) >= 11 is 0. The first-order chi connectivity index (χ1) is 71.4. The van der Waals surface area contributed by atoms with Crippen LogP contribution in [0.15, 0.2) is 194 Å². The van der Waals surface area contributed by atoms with Gasteiger partial charge in [0.15, 0.2) is 5.78 Å². The number of carboxylic acid groups (broad SMARTS) is 2. The van der Waals surface area contributed by atoms with Crippen molar-refractivity contribution >= 4 is 112 Å². The number of imide groups is 3. The monoisotopic (exact) mass is 2060 g/mol. The number of carbonyl (C=O) groups is 19. The van der Waals surface area contributed by atoms with Crippen LogP contribution >= 0.6 is 0 Å². The fourth-order valence-corrected chi connectivity index (χ4v) is 13.7. The van der Waals surface area contributed by atoms with E-state index in [4.69, 9.17) is 67.7 Å². The Bertz CT molecular complexity index is 6470. The summed E-state index contributed by atoms with van der Waals surface area (Å²) in [6.07, 6.45) is 7.34. The van der Waals surface area contributed by atoms with E-state index in [1.54, 1.807) is 25.3 Å². The molecule has 43 heteroatoms. The Morgan fingerprint density at radius 3 is 1.15 bits per heavy atom. The largest absolute Gasteiger partial charge is 0.507 e. The van der Waals surface area contributed by atoms with Crippen LogP contribution in [-0.2, 0) is 107 Å². The zero-order valence-corrected chi connectivity index (χ0v) is 82.7. The van der Waals surface area contributed by atoms with Crippen LogP contribution in [0.2, 0.25) is 0 Å². The third-order valence-corrected chi connectivity index (χ3v) is 21.2. The normalized spacial score (nSPS) is 14.1. The van der Waals surface area contributed by atoms with Crippen LogP contribution in [0, 0.1) is 11.8 Å². The molecule has 9 aromatic carbocycles. The second-order valence-electron chi connectivity index (χ2n) is 31.1. The number of esters is 8. The molecule has 2 saturated heterocycles. The summed E-state index contributed by atoms with van der Waals surface area (Å²) < 4.78 is 84.4. The van der Waals surface area contributed by atoms with Crippen LogP contribution in [0.4, 0.5) is 0 Å². The molecule has 0 aromatic heterocycles. The lowest BCUT2D eigenvalue weighted by molar-refractivity contribution is -0.137. The maximum Gasteiger partial charge on any atom is 0.384 e. The number of nitrogens with two attached hydrogens (primary N) is 1. The van der Waals surface area contributed by atoms with Gasteiger partial charge in [-0.05, 0) is 78.3 Å². The average molecular weight is 2060 g/mol. The summed E-state index contributed by atoms with van der Waals surface area (Å²) in [4.78, 5) is 217. The van der Waals surface area contributed by atoms with E-state index >= 15 is 0 Å². The van der Waals surface area contributed by atoms with Crippen LogP contribution in [0.1, 0.15) is 196 Å². The molecular weight excluding hydrogens is 1950 g/mol. The average Bonchev–Trinajstić information content (AvgIpc) is 1.59. The summed E-state index contributed by atoms with van der Waals surface area (Å²) in [5.41, 5.74) is 8.27. The number of amides is 6. The van der Waals surface area contributed by atoms with Gasteiger partial charge in [-0.2, -0.15) is 0 Å². The number of benzene rings is 9. The number of nitrogens with zero attached hydrogens (tertiary/aromatic N) is 1. The number of hydrogen-bond donors (Lipinski definition) is 6. The number of allylic oxidation sites excluding steroid dienone is 2. The van der Waals surface area contributed by atoms with Crippen molar-refractivity contribution in [2.45, 2.75) is 109 Å². The Labute approximate surface area is 852 Å². The molecule has 2 unspecified atom stereocenters. The Hall–Kier alpha value is -18.6. The number of methoxy groups -OCH3 is 12. The summed E-state index contributed by atoms with van der Waals surface area (Å²) in [5, 5.41) is 32.4. The molecule has 4 heterocycles. The van der Waals surface area contributed by atoms with Gasteiger partial charge < -0.3 is 102 Å². The number of piperidine rings is 2. The first-order valence-electron chi connectivity index (χ1n) is 44.7. The molecule has 3 fully saturated rings. The molecule has 149 heavy (non-hydrogen) atoms. The summed E-state index contributed by atoms with van der Waals surface area (Å²) in [6, 6.07) is 49.9. The summed E-state index contributed by atoms with van der Waals surface area (Å²) in [6.45, 7) is 0.814. The van der Waals surface area contributed by atoms with E-state index in [1.807, 2.05) is 133 Å². The number of fused-ring (bicyclic) bond motifs is 2. The summed E-state index contributed by atoms with van der Waals surface area (Å²) in [5.74, 6) is -4.62. The molecule has 0 bridgehead atoms. The highest BCUT2D eigenvalue weighted by molar-refractivity contribution is 6.25. The van der Waals surface area contributed by atoms with Gasteiger partial charge in [0.25, 0.3) is 11.8 Å². The van der Waals surface area contributed by atoms with Crippen LogP contribution in [-0.4, -0.2) is 230 Å². The number of phenolic OH excluding ortho intramolecular Hbond substituents is 1. The van der Waals surface area contributed by atoms with Gasteiger partial charge in [0.05, 0.1) is 137 Å². The number of rotatable bonds is 25. The van der Waals surface area contributed by atoms with E-state index in [-0.39, 0.29) is 159 Å². The molecule has 4 aliphatic heterocycles. The minimum atomic E-state index is -1.37. The topological polar surface area (TPSA) is 595 Å². The summed E-state index contributed by atoms with van der Waals surface area (Å²) in [7, 11) is 15.8. The van der Waals surface area contributed by atoms with E-state index in [0.29, 0.717) is 49.4 Å². The van der Waals surface area contributed by atoms with Crippen LogP contribution in [0.3, 0.4) is 0 Å². The molecule has 6 aliphatic rings. The zero-order valence-electron chi connectivity index (χ0n) is 82.7. The van der Waals surface area contributed by atoms with Crippen molar-refractivity contribution in [1.82, 2.24) is 15.5 Å². The molecule has 6 amide bonds. The second kappa shape index (κ2) is 59.4. The first kappa shape index (κ1) is 117. The van der Waals surface area contributed by atoms with Crippen molar-refractivity contribution in [3.05, 3.63) is 272 Å². The van der Waals surface area contributed by atoms with Gasteiger partial charge in [-0.25, -0.2) is 47.9 Å². The van der Waals surface area contributed by atoms with Crippen molar-refractivity contribution in [1.29, 1.82) is 0 Å². The smallest absolute Gasteiger partial charge is 0.384 e. The molecule has 9 aromatic rings. The Morgan fingerprint density at radius 2 is 0.765 bits per heavy atom. The maximum absolute atomic E-state index is 13.1. The number of hydrogen-bond acceptors (Lipinski definition) is 38. The molecule has 0 spiro atoms. The number of aromatic carboxylic acids is 2. The molecule has 784 valence electrons. The van der Waals surface area contributed by atoms with Gasteiger partial charge in [-0.15, -0.1) is 0 Å². The number of ketones is 3. The van der Waals surface area contributed by atoms with Crippen molar-refractivity contribution in [3.63, 3.8) is 0 Å². The van der Waals surface area contributed by atoms with Gasteiger partial charge >= 0.3 is 59.7 Å². The van der Waals surface area contributed by atoms with Crippen molar-refractivity contribution < 1.29 is 187 Å². The lowest BCUT2D eigenvalue weighted by atomic mass is 9.98. The standard InChI is InChI=1S/C21H18N2O6.C18H18O6.C16H14O6.C16H12O5.C11H12O6.C7H10O2.C6H6O4.C6H8O2.C5H8N2O2/c1-28-13-9-14-18(16(10-13)29-11-12-5-3-2-4-6-12)21(27)23(20(14)26)15-7-8-17(24)22-19(15)25;1-21-13-9-14(17(19)22-2)16(18(20)23-3)15(10-13)24-11-12-7-5-4-6-8-12;1-21-11-7-12(15(17)18)14(16(19)20)13(8-11)22-9-10-5-3-2-4-6-10;1-19-11-7-12-14(16(18)21-15(12)17)13(8-11)20-9-10-5-3-2-4-6-10;1-15-6-4-7(10(13)16-2)9(8(12)5-6)11(14)17-3;1-9-7-4-2-3-6(8)5-7;1-9-5(7)3-4-6(8)10-2;7-5-2-1-3-6(8)4-5;6-3-1-2-4(8)7-5(3)9/h2-6,9-10,15H,7-8,11H2,1H3,(H,22,24,25);4-10H,11H2,1-3H3;2-8H,9H2,1H3,(H,17,18)(H,19,20);2-8H,9H2,1H3;4-5,12H,1-3H3;5H,2-4H2,1H3;1-2H3;1-4H2;3H,1-2,6H2,(H,7,8,9). The van der Waals surface area contributed by atoms with Gasteiger partial charge in [0.1, 0.15) is 124 Å². The number of aromatic hydroxyl groups is 1. The highest BCUT2D eigenvalue weighted by atomic mass is 16.6. The highest BCUT2D eigenvalue weighted by Crippen LogP contribution is 2.40. The number of carboxylic acids is 2. The van der Waals surface area contributed by atoms with E-state index in [1.165, 1.54) is 114 Å². The fraction of sp³-hybridized carbons (Fsp3) is 0.274. The number of phenols is 1. The lowest BCUT2D eigenvalue weighted by Crippen LogP contribution is -2.54. The van der Waals surface area contributed by atoms with Crippen LogP contribution in [0.25, 0.3) is 0 Å². The molecule has 7 N–H and O–H groups in total. The Kier molecular flexibility index (Phi) is 46.8. The molecule has 0 radical (unpaired) electrons. The van der Waals surface area contributed by atoms with Gasteiger partial charge in [-0.1, -0.05) is 121 Å². The third kappa shape index (κ3) is 35.1. The predicted octanol–water partition coefficient (Wildman–Crippen LogP) is 10.8. The molecular formula is C106H106N4O39. The quantitative estimate of drug-likeness (QED) is 0.00773. The van der Waals surface area contributed by atoms with Crippen LogP contribution < -0.4 is 59.0 Å². The minimum Gasteiger partial charge on any atom is -0.507 e. The third-order valence-electron chi connectivity index (χ3n) is 21.2. The number of ether oxygens (including phenoxy) is 17. The highest BCUT2D eigenvalue weighted by Gasteiger charge is 2.47. The number of carbonyl (C=O) groups excluding carboxylic acids is 17. The Morgan fingerprint density at radius 1 is 0.383 bits per heavy atom. The Balaban J connectivity index is 0.000000234. The molecule has 43 nitrogen and oxygen atoms in total. The minimum absolute atomic E-state index is 0.00100. The van der Waals surface area contributed by atoms with E-state index in [0.717, 1.165) is 65.4 Å². The van der Waals surface area contributed by atoms with Crippen molar-refractivity contribution in [3.8, 4) is 69.3 Å². The molecule has 1 saturated carbocycles. The van der Waals surface area contributed by atoms with Crippen LogP contribution in [0.5, 0.6) is 57.5 Å².